The molecule has 7 nitrogen and oxygen atoms in total. The van der Waals surface area contributed by atoms with Gasteiger partial charge in [-0.1, -0.05) is 0 Å². The van der Waals surface area contributed by atoms with Gasteiger partial charge >= 0.3 is 6.18 Å². The maximum absolute atomic E-state index is 14.5. The van der Waals surface area contributed by atoms with E-state index in [0.717, 1.165) is 18.2 Å². The number of halogens is 5. The monoisotopic (exact) mass is 439 g/mol. The molecule has 12 heteroatoms. The van der Waals surface area contributed by atoms with Crippen molar-refractivity contribution in [2.24, 2.45) is 10.7 Å². The molecular weight excluding hydrogens is 425 g/mol. The number of hydrogen-bond acceptors (Lipinski definition) is 6. The molecule has 1 aliphatic heterocycles. The molecular formula is C19H14F5N5O2. The topological polar surface area (TPSA) is 113 Å². The standard InChI is InChI=1S/C19H14F5N5O2/c20-9-18(6-15(19(22,23)24)29-17(26)31-18)12-5-11(2-3-13(12)21)28-16(30)14-4-1-10(7-25)8-27-14/h1-5,8,15H,6,9H2,(H2,26,29)(H,28,30)/t15-,18+/m0/s1. The maximum atomic E-state index is 14.5. The van der Waals surface area contributed by atoms with E-state index in [1.807, 2.05) is 6.07 Å². The minimum absolute atomic E-state index is 0.0476. The summed E-state index contributed by atoms with van der Waals surface area (Å²) in [5, 5.41) is 11.1. The van der Waals surface area contributed by atoms with E-state index >= 15 is 0 Å². The molecule has 162 valence electrons. The largest absolute Gasteiger partial charge is 0.451 e. The maximum Gasteiger partial charge on any atom is 0.411 e. The Balaban J connectivity index is 1.93. The quantitative estimate of drug-likeness (QED) is 0.711. The summed E-state index contributed by atoms with van der Waals surface area (Å²) >= 11 is 0. The van der Waals surface area contributed by atoms with Crippen LogP contribution in [-0.4, -0.2) is 35.8 Å². The summed E-state index contributed by atoms with van der Waals surface area (Å²) in [5.41, 5.74) is 2.47. The molecule has 0 saturated carbocycles. The zero-order valence-electron chi connectivity index (χ0n) is 15.6. The molecule has 0 radical (unpaired) electrons. The Labute approximate surface area is 172 Å². The number of hydrogen-bond donors (Lipinski definition) is 2. The van der Waals surface area contributed by atoms with E-state index in [2.05, 4.69) is 15.3 Å². The smallest absolute Gasteiger partial charge is 0.411 e. The Morgan fingerprint density at radius 1 is 1.35 bits per heavy atom. The van der Waals surface area contributed by atoms with Crippen LogP contribution in [0.2, 0.25) is 0 Å². The van der Waals surface area contributed by atoms with Crippen molar-refractivity contribution in [2.75, 3.05) is 12.0 Å². The van der Waals surface area contributed by atoms with Gasteiger partial charge in [-0.2, -0.15) is 18.4 Å². The Morgan fingerprint density at radius 3 is 2.68 bits per heavy atom. The van der Waals surface area contributed by atoms with E-state index in [1.165, 1.54) is 18.3 Å². The van der Waals surface area contributed by atoms with Gasteiger partial charge in [-0.15, -0.1) is 0 Å². The van der Waals surface area contributed by atoms with Crippen LogP contribution < -0.4 is 11.1 Å². The number of amidine groups is 1. The molecule has 0 bridgehead atoms. The molecule has 0 unspecified atom stereocenters. The second-order valence-corrected chi connectivity index (χ2v) is 6.65. The summed E-state index contributed by atoms with van der Waals surface area (Å²) in [6.07, 6.45) is -4.73. The minimum Gasteiger partial charge on any atom is -0.451 e. The van der Waals surface area contributed by atoms with E-state index < -0.39 is 54.2 Å². The molecule has 0 fully saturated rings. The van der Waals surface area contributed by atoms with Gasteiger partial charge in [0.2, 0.25) is 0 Å². The number of anilines is 1. The van der Waals surface area contributed by atoms with Crippen molar-refractivity contribution in [1.82, 2.24) is 4.98 Å². The molecule has 3 N–H and O–H groups in total. The van der Waals surface area contributed by atoms with Gasteiger partial charge in [-0.3, -0.25) is 4.79 Å². The first-order valence-corrected chi connectivity index (χ1v) is 8.70. The Bertz CT molecular complexity index is 1060. The van der Waals surface area contributed by atoms with Crippen molar-refractivity contribution >= 4 is 17.6 Å². The van der Waals surface area contributed by atoms with Crippen molar-refractivity contribution in [3.63, 3.8) is 0 Å². The molecule has 1 aromatic heterocycles. The van der Waals surface area contributed by atoms with E-state index in [0.29, 0.717) is 0 Å². The number of carbonyl (C=O) groups excluding carboxylic acids is 1. The molecule has 0 aliphatic carbocycles. The van der Waals surface area contributed by atoms with Crippen LogP contribution in [0.25, 0.3) is 0 Å². The number of ether oxygens (including phenoxy) is 1. The molecule has 1 amide bonds. The summed E-state index contributed by atoms with van der Waals surface area (Å²) in [6, 6.07) is 4.09. The molecule has 0 saturated heterocycles. The first-order valence-electron chi connectivity index (χ1n) is 8.70. The fourth-order valence-corrected chi connectivity index (χ4v) is 3.03. The van der Waals surface area contributed by atoms with Crippen LogP contribution in [0.1, 0.15) is 28.0 Å². The van der Waals surface area contributed by atoms with Gasteiger partial charge in [-0.25, -0.2) is 18.8 Å². The van der Waals surface area contributed by atoms with Gasteiger partial charge in [0.15, 0.2) is 11.6 Å². The van der Waals surface area contributed by atoms with Gasteiger partial charge in [0.1, 0.15) is 24.3 Å². The highest BCUT2D eigenvalue weighted by Gasteiger charge is 2.52. The lowest BCUT2D eigenvalue weighted by atomic mass is 9.86. The van der Waals surface area contributed by atoms with E-state index in [4.69, 9.17) is 15.7 Å². The number of nitrogens with one attached hydrogen (secondary N) is 1. The summed E-state index contributed by atoms with van der Waals surface area (Å²) < 4.78 is 73.1. The van der Waals surface area contributed by atoms with Crippen molar-refractivity contribution < 1.29 is 31.5 Å². The predicted octanol–water partition coefficient (Wildman–Crippen LogP) is 3.18. The highest BCUT2D eigenvalue weighted by molar-refractivity contribution is 6.02. The molecule has 0 spiro atoms. The number of alkyl halides is 4. The van der Waals surface area contributed by atoms with E-state index in [-0.39, 0.29) is 16.9 Å². The first kappa shape index (κ1) is 21.9. The fourth-order valence-electron chi connectivity index (χ4n) is 3.03. The number of amides is 1. The number of pyridine rings is 1. The van der Waals surface area contributed by atoms with Crippen LogP contribution in [0.15, 0.2) is 41.5 Å². The summed E-state index contributed by atoms with van der Waals surface area (Å²) in [5.74, 6) is -1.79. The predicted molar refractivity (Wildman–Crippen MR) is 98.1 cm³/mol. The lowest BCUT2D eigenvalue weighted by molar-refractivity contribution is -0.167. The molecule has 2 aromatic rings. The van der Waals surface area contributed by atoms with Gasteiger partial charge in [0.25, 0.3) is 11.9 Å². The Kier molecular flexibility index (Phi) is 5.79. The van der Waals surface area contributed by atoms with Gasteiger partial charge in [-0.05, 0) is 30.3 Å². The van der Waals surface area contributed by atoms with Gasteiger partial charge < -0.3 is 15.8 Å². The lowest BCUT2D eigenvalue weighted by Crippen LogP contribution is -2.48. The summed E-state index contributed by atoms with van der Waals surface area (Å²) in [7, 11) is 0. The normalized spacial score (nSPS) is 20.9. The second kappa shape index (κ2) is 8.17. The second-order valence-electron chi connectivity index (χ2n) is 6.65. The third-order valence-electron chi connectivity index (χ3n) is 4.54. The minimum atomic E-state index is -4.85. The molecule has 31 heavy (non-hydrogen) atoms. The van der Waals surface area contributed by atoms with Crippen LogP contribution in [-0.2, 0) is 10.3 Å². The van der Waals surface area contributed by atoms with Crippen LogP contribution in [0.4, 0.5) is 27.6 Å². The van der Waals surface area contributed by atoms with Crippen LogP contribution in [0, 0.1) is 17.1 Å². The number of benzene rings is 1. The molecule has 2 heterocycles. The number of aliphatic imine (C=N–C) groups is 1. The number of nitrogens with zero attached hydrogens (tertiary/aromatic N) is 3. The highest BCUT2D eigenvalue weighted by Crippen LogP contribution is 2.42. The SMILES string of the molecule is N#Cc1ccc(C(=O)Nc2ccc(F)c([C@]3(CF)C[C@@H](C(F)(F)F)N=C(N)O3)c2)nc1. The molecule has 3 rings (SSSR count). The number of nitrogens with two attached hydrogens (primary N) is 1. The van der Waals surface area contributed by atoms with Crippen molar-refractivity contribution in [1.29, 1.82) is 5.26 Å². The van der Waals surface area contributed by atoms with Crippen LogP contribution in [0.3, 0.4) is 0 Å². The fraction of sp³-hybridized carbons (Fsp3) is 0.263. The molecule has 1 aliphatic rings. The van der Waals surface area contributed by atoms with Gasteiger partial charge in [0, 0.05) is 23.9 Å². The van der Waals surface area contributed by atoms with Crippen molar-refractivity contribution in [2.45, 2.75) is 24.2 Å². The zero-order chi connectivity index (χ0) is 22.8. The highest BCUT2D eigenvalue weighted by atomic mass is 19.4. The number of aromatic nitrogens is 1. The summed E-state index contributed by atoms with van der Waals surface area (Å²) in [6.45, 7) is -1.53. The molecule has 1 aromatic carbocycles. The van der Waals surface area contributed by atoms with E-state index in [9.17, 15) is 26.7 Å². The lowest BCUT2D eigenvalue weighted by Gasteiger charge is -2.38. The van der Waals surface area contributed by atoms with Crippen LogP contribution >= 0.6 is 0 Å². The Hall–Kier alpha value is -3.75. The average molecular weight is 439 g/mol. The van der Waals surface area contributed by atoms with Crippen molar-refractivity contribution in [3.8, 4) is 6.07 Å². The average Bonchev–Trinajstić information content (AvgIpc) is 2.74. The molecule has 2 atom stereocenters. The number of rotatable bonds is 4. The third-order valence-corrected chi connectivity index (χ3v) is 4.54. The first-order chi connectivity index (χ1) is 14.6. The zero-order valence-corrected chi connectivity index (χ0v) is 15.6. The van der Waals surface area contributed by atoms with Crippen LogP contribution in [0.5, 0.6) is 0 Å². The van der Waals surface area contributed by atoms with Gasteiger partial charge in [0.05, 0.1) is 5.56 Å². The summed E-state index contributed by atoms with van der Waals surface area (Å²) in [4.78, 5) is 19.3. The number of carbonyl (C=O) groups is 1. The number of nitriles is 1. The third kappa shape index (κ3) is 4.55. The van der Waals surface area contributed by atoms with E-state index in [1.54, 1.807) is 0 Å². The Morgan fingerprint density at radius 2 is 2.10 bits per heavy atom. The van der Waals surface area contributed by atoms with Crippen molar-refractivity contribution in [3.05, 3.63) is 59.2 Å².